The predicted molar refractivity (Wildman–Crippen MR) is 81.5 cm³/mol. The summed E-state index contributed by atoms with van der Waals surface area (Å²) in [4.78, 5) is 0. The maximum atomic E-state index is 5.93. The van der Waals surface area contributed by atoms with E-state index in [1.165, 1.54) is 0 Å². The van der Waals surface area contributed by atoms with Crippen molar-refractivity contribution in [2.45, 2.75) is 33.0 Å². The molecule has 0 bridgehead atoms. The Morgan fingerprint density at radius 3 is 2.55 bits per heavy atom. The summed E-state index contributed by atoms with van der Waals surface area (Å²) in [6.45, 7) is 5.28. The molecule has 0 aliphatic rings. The average Bonchev–Trinajstić information content (AvgIpc) is 2.80. The Hall–Kier alpha value is -1.16. The highest BCUT2D eigenvalue weighted by Gasteiger charge is 2.08. The van der Waals surface area contributed by atoms with Gasteiger partial charge in [-0.1, -0.05) is 37.0 Å². The number of nitrogens with one attached hydrogen (secondary N) is 1. The molecule has 1 heterocycles. The van der Waals surface area contributed by atoms with Crippen molar-refractivity contribution in [3.05, 3.63) is 51.9 Å². The molecule has 0 unspecified atom stereocenters. The maximum absolute atomic E-state index is 5.93. The standard InChI is InChI=1S/C15H17Cl2NO2/c1-10(2)18-8-15-11(3-4-19-15)9-20-14-6-12(16)5-13(17)7-14/h3-7,10,18H,8-9H2,1-2H3. The Kier molecular flexibility index (Phi) is 5.35. The smallest absolute Gasteiger partial charge is 0.124 e. The van der Waals surface area contributed by atoms with E-state index in [0.29, 0.717) is 35.0 Å². The molecule has 2 rings (SSSR count). The van der Waals surface area contributed by atoms with E-state index in [1.54, 1.807) is 24.5 Å². The highest BCUT2D eigenvalue weighted by Crippen LogP contribution is 2.25. The normalized spacial score (nSPS) is 11.1. The van der Waals surface area contributed by atoms with Gasteiger partial charge in [-0.15, -0.1) is 0 Å². The average molecular weight is 314 g/mol. The molecule has 0 radical (unpaired) electrons. The van der Waals surface area contributed by atoms with Gasteiger partial charge < -0.3 is 14.5 Å². The molecule has 2 aromatic rings. The summed E-state index contributed by atoms with van der Waals surface area (Å²) in [5.41, 5.74) is 1.01. The van der Waals surface area contributed by atoms with Crippen molar-refractivity contribution >= 4 is 23.2 Å². The molecular formula is C15H17Cl2NO2. The first-order chi connectivity index (χ1) is 9.54. The lowest BCUT2D eigenvalue weighted by Crippen LogP contribution is -2.22. The molecule has 1 aromatic heterocycles. The predicted octanol–water partition coefficient (Wildman–Crippen LogP) is 4.66. The molecule has 0 fully saturated rings. The van der Waals surface area contributed by atoms with Crippen LogP contribution in [0.1, 0.15) is 25.2 Å². The van der Waals surface area contributed by atoms with Gasteiger partial charge in [0.15, 0.2) is 0 Å². The van der Waals surface area contributed by atoms with Gasteiger partial charge in [-0.25, -0.2) is 0 Å². The number of hydrogen-bond acceptors (Lipinski definition) is 3. The quantitative estimate of drug-likeness (QED) is 0.842. The second-order valence-corrected chi connectivity index (χ2v) is 5.67. The Morgan fingerprint density at radius 2 is 1.90 bits per heavy atom. The van der Waals surface area contributed by atoms with Crippen LogP contribution >= 0.6 is 23.2 Å². The van der Waals surface area contributed by atoms with E-state index in [4.69, 9.17) is 32.4 Å². The minimum absolute atomic E-state index is 0.403. The van der Waals surface area contributed by atoms with Crippen LogP contribution in [0.15, 0.2) is 34.9 Å². The van der Waals surface area contributed by atoms with Crippen molar-refractivity contribution in [2.24, 2.45) is 0 Å². The van der Waals surface area contributed by atoms with Crippen LogP contribution in [0.2, 0.25) is 10.0 Å². The molecule has 20 heavy (non-hydrogen) atoms. The zero-order valence-electron chi connectivity index (χ0n) is 11.5. The van der Waals surface area contributed by atoms with Crippen molar-refractivity contribution in [1.82, 2.24) is 5.32 Å². The summed E-state index contributed by atoms with van der Waals surface area (Å²) >= 11 is 11.9. The van der Waals surface area contributed by atoms with Gasteiger partial charge in [-0.2, -0.15) is 0 Å². The number of hydrogen-bond donors (Lipinski definition) is 1. The summed E-state index contributed by atoms with van der Waals surface area (Å²) < 4.78 is 11.2. The largest absolute Gasteiger partial charge is 0.489 e. The van der Waals surface area contributed by atoms with Crippen molar-refractivity contribution < 1.29 is 9.15 Å². The Morgan fingerprint density at radius 1 is 1.20 bits per heavy atom. The molecule has 0 aliphatic heterocycles. The van der Waals surface area contributed by atoms with E-state index in [1.807, 2.05) is 6.07 Å². The van der Waals surface area contributed by atoms with Gasteiger partial charge in [0.05, 0.1) is 12.8 Å². The second kappa shape index (κ2) is 7.02. The van der Waals surface area contributed by atoms with Crippen LogP contribution in [0.4, 0.5) is 0 Å². The van der Waals surface area contributed by atoms with E-state index in [0.717, 1.165) is 11.3 Å². The molecule has 108 valence electrons. The maximum Gasteiger partial charge on any atom is 0.124 e. The van der Waals surface area contributed by atoms with E-state index in [9.17, 15) is 0 Å². The first-order valence-electron chi connectivity index (χ1n) is 6.42. The van der Waals surface area contributed by atoms with Gasteiger partial charge in [0, 0.05) is 21.7 Å². The van der Waals surface area contributed by atoms with E-state index < -0.39 is 0 Å². The summed E-state index contributed by atoms with van der Waals surface area (Å²) in [5.74, 6) is 1.53. The van der Waals surface area contributed by atoms with Crippen molar-refractivity contribution in [3.63, 3.8) is 0 Å². The van der Waals surface area contributed by atoms with Gasteiger partial charge in [-0.05, 0) is 24.3 Å². The van der Waals surface area contributed by atoms with Crippen molar-refractivity contribution in [2.75, 3.05) is 0 Å². The zero-order chi connectivity index (χ0) is 14.5. The molecule has 5 heteroatoms. The minimum atomic E-state index is 0.403. The molecule has 0 atom stereocenters. The van der Waals surface area contributed by atoms with Crippen LogP contribution < -0.4 is 10.1 Å². The summed E-state index contributed by atoms with van der Waals surface area (Å²) in [6, 6.07) is 7.45. The van der Waals surface area contributed by atoms with Crippen LogP contribution in [-0.4, -0.2) is 6.04 Å². The van der Waals surface area contributed by atoms with Crippen LogP contribution in [0.3, 0.4) is 0 Å². The van der Waals surface area contributed by atoms with E-state index in [2.05, 4.69) is 19.2 Å². The lowest BCUT2D eigenvalue weighted by atomic mass is 10.2. The highest BCUT2D eigenvalue weighted by atomic mass is 35.5. The highest BCUT2D eigenvalue weighted by molar-refractivity contribution is 6.34. The number of ether oxygens (including phenoxy) is 1. The summed E-state index contributed by atoms with van der Waals surface area (Å²) in [7, 11) is 0. The molecular weight excluding hydrogens is 297 g/mol. The van der Waals surface area contributed by atoms with Crippen LogP contribution in [0.5, 0.6) is 5.75 Å². The minimum Gasteiger partial charge on any atom is -0.489 e. The molecule has 0 saturated heterocycles. The molecule has 1 N–H and O–H groups in total. The molecule has 3 nitrogen and oxygen atoms in total. The Labute approximate surface area is 128 Å². The van der Waals surface area contributed by atoms with Gasteiger partial charge in [0.2, 0.25) is 0 Å². The lowest BCUT2D eigenvalue weighted by Gasteiger charge is -2.09. The number of benzene rings is 1. The number of halogens is 2. The van der Waals surface area contributed by atoms with Crippen LogP contribution in [-0.2, 0) is 13.2 Å². The number of rotatable bonds is 6. The van der Waals surface area contributed by atoms with Crippen molar-refractivity contribution in [3.8, 4) is 5.75 Å². The fourth-order valence-corrected chi connectivity index (χ4v) is 2.23. The molecule has 1 aromatic carbocycles. The summed E-state index contributed by atoms with van der Waals surface area (Å²) in [5, 5.41) is 4.43. The van der Waals surface area contributed by atoms with Crippen LogP contribution in [0.25, 0.3) is 0 Å². The number of furan rings is 1. The third-order valence-corrected chi connectivity index (χ3v) is 3.18. The lowest BCUT2D eigenvalue weighted by molar-refractivity contribution is 0.301. The third-order valence-electron chi connectivity index (χ3n) is 2.74. The fourth-order valence-electron chi connectivity index (χ4n) is 1.72. The fraction of sp³-hybridized carbons (Fsp3) is 0.333. The first kappa shape index (κ1) is 15.2. The van der Waals surface area contributed by atoms with Gasteiger partial charge in [0.1, 0.15) is 18.1 Å². The van der Waals surface area contributed by atoms with Crippen molar-refractivity contribution in [1.29, 1.82) is 0 Å². The third kappa shape index (κ3) is 4.44. The Balaban J connectivity index is 1.98. The summed E-state index contributed by atoms with van der Waals surface area (Å²) in [6.07, 6.45) is 1.67. The molecule has 0 spiro atoms. The van der Waals surface area contributed by atoms with Crippen LogP contribution in [0, 0.1) is 0 Å². The molecule has 0 aliphatic carbocycles. The monoisotopic (exact) mass is 313 g/mol. The topological polar surface area (TPSA) is 34.4 Å². The zero-order valence-corrected chi connectivity index (χ0v) is 13.0. The van der Waals surface area contributed by atoms with Gasteiger partial charge in [-0.3, -0.25) is 0 Å². The molecule has 0 amide bonds. The Bertz CT molecular complexity index is 547. The SMILES string of the molecule is CC(C)NCc1occc1COc1cc(Cl)cc(Cl)c1. The van der Waals surface area contributed by atoms with Gasteiger partial charge in [0.25, 0.3) is 0 Å². The second-order valence-electron chi connectivity index (χ2n) is 4.80. The van der Waals surface area contributed by atoms with E-state index in [-0.39, 0.29) is 0 Å². The van der Waals surface area contributed by atoms with Gasteiger partial charge >= 0.3 is 0 Å². The first-order valence-corrected chi connectivity index (χ1v) is 7.17. The van der Waals surface area contributed by atoms with E-state index >= 15 is 0 Å². The molecule has 0 saturated carbocycles.